The standard InChI is InChI=1S/C14H12O4/c1-8-10(13(15)16)6-7-11(12(8)14(17)18)9-4-2-3-5-9/h2-7,15-16H,1H3,(H,17,18). The normalized spacial score (nSPS) is 13.1. The Kier molecular flexibility index (Phi) is 2.93. The van der Waals surface area contributed by atoms with Gasteiger partial charge in [0.15, 0.2) is 0 Å². The maximum atomic E-state index is 11.3. The Morgan fingerprint density at radius 3 is 2.17 bits per heavy atom. The molecule has 92 valence electrons. The van der Waals surface area contributed by atoms with E-state index in [1.807, 2.05) is 24.3 Å². The Morgan fingerprint density at radius 1 is 1.06 bits per heavy atom. The summed E-state index contributed by atoms with van der Waals surface area (Å²) in [5.41, 5.74) is 1.21. The molecule has 4 nitrogen and oxygen atoms in total. The van der Waals surface area contributed by atoms with E-state index in [4.69, 9.17) is 10.2 Å². The van der Waals surface area contributed by atoms with Crippen LogP contribution in [-0.2, 0) is 0 Å². The minimum absolute atomic E-state index is 0.0827. The van der Waals surface area contributed by atoms with Crippen molar-refractivity contribution in [2.24, 2.45) is 0 Å². The van der Waals surface area contributed by atoms with Gasteiger partial charge in [0.05, 0.1) is 10.8 Å². The lowest BCUT2D eigenvalue weighted by molar-refractivity contribution is 0.0694. The fourth-order valence-electron chi connectivity index (χ4n) is 2.02. The van der Waals surface area contributed by atoms with Gasteiger partial charge in [-0.2, -0.15) is 0 Å². The van der Waals surface area contributed by atoms with Crippen LogP contribution in [-0.4, -0.2) is 21.3 Å². The summed E-state index contributed by atoms with van der Waals surface area (Å²) >= 11 is 0. The predicted molar refractivity (Wildman–Crippen MR) is 67.7 cm³/mol. The number of aliphatic hydroxyl groups excluding tert-OH is 1. The van der Waals surface area contributed by atoms with Gasteiger partial charge in [-0.1, -0.05) is 30.4 Å². The zero-order valence-corrected chi connectivity index (χ0v) is 9.71. The lowest BCUT2D eigenvalue weighted by Gasteiger charge is -2.05. The molecule has 1 aromatic rings. The average molecular weight is 244 g/mol. The van der Waals surface area contributed by atoms with E-state index in [0.717, 1.165) is 5.57 Å². The maximum absolute atomic E-state index is 11.3. The third-order valence-electron chi connectivity index (χ3n) is 2.89. The Hall–Kier alpha value is -2.49. The van der Waals surface area contributed by atoms with Crippen molar-refractivity contribution in [3.05, 3.63) is 58.0 Å². The molecule has 1 aromatic carbocycles. The molecule has 3 N–H and O–H groups in total. The molecule has 0 saturated carbocycles. The second kappa shape index (κ2) is 4.41. The van der Waals surface area contributed by atoms with E-state index in [0.29, 0.717) is 10.8 Å². The molecule has 1 aliphatic carbocycles. The molecule has 0 unspecified atom stereocenters. The Labute approximate surface area is 103 Å². The SMILES string of the molecule is Cc1c(C(=O)O)c(=C2C=CC=C2)ccc1=C(O)O. The fraction of sp³-hybridized carbons (Fsp3) is 0.0714. The third-order valence-corrected chi connectivity index (χ3v) is 2.89. The molecule has 0 aliphatic heterocycles. The zero-order chi connectivity index (χ0) is 13.3. The van der Waals surface area contributed by atoms with Gasteiger partial charge in [0, 0.05) is 0 Å². The average Bonchev–Trinajstić information content (AvgIpc) is 2.80. The number of carboxylic acid groups (broad SMARTS) is 1. The van der Waals surface area contributed by atoms with E-state index < -0.39 is 11.9 Å². The molecule has 0 bridgehead atoms. The van der Waals surface area contributed by atoms with E-state index in [-0.39, 0.29) is 10.8 Å². The first-order valence-electron chi connectivity index (χ1n) is 5.36. The van der Waals surface area contributed by atoms with Gasteiger partial charge < -0.3 is 15.3 Å². The van der Waals surface area contributed by atoms with Crippen molar-refractivity contribution in [2.45, 2.75) is 6.92 Å². The smallest absolute Gasteiger partial charge is 0.336 e. The topological polar surface area (TPSA) is 77.8 Å². The largest absolute Gasteiger partial charge is 0.481 e. The summed E-state index contributed by atoms with van der Waals surface area (Å²) in [6.07, 6.45) is 7.26. The van der Waals surface area contributed by atoms with Crippen LogP contribution in [0.5, 0.6) is 0 Å². The molecule has 0 amide bonds. The molecular formula is C14H12O4. The minimum atomic E-state index is -1.09. The van der Waals surface area contributed by atoms with Crippen LogP contribution in [0.3, 0.4) is 0 Å². The lowest BCUT2D eigenvalue weighted by Crippen LogP contribution is -2.26. The van der Waals surface area contributed by atoms with Crippen molar-refractivity contribution < 1.29 is 20.1 Å². The van der Waals surface area contributed by atoms with Crippen molar-refractivity contribution in [3.63, 3.8) is 0 Å². The number of carboxylic acids is 1. The molecule has 0 saturated heterocycles. The summed E-state index contributed by atoms with van der Waals surface area (Å²) in [6, 6.07) is 3.08. The number of hydrogen-bond donors (Lipinski definition) is 3. The van der Waals surface area contributed by atoms with Crippen LogP contribution in [0.25, 0.3) is 11.5 Å². The molecule has 0 fully saturated rings. The van der Waals surface area contributed by atoms with Gasteiger partial charge in [-0.15, -0.1) is 0 Å². The molecule has 0 aromatic heterocycles. The van der Waals surface area contributed by atoms with Crippen molar-refractivity contribution >= 4 is 17.5 Å². The van der Waals surface area contributed by atoms with Gasteiger partial charge in [0.2, 0.25) is 0 Å². The van der Waals surface area contributed by atoms with Gasteiger partial charge in [-0.25, -0.2) is 4.79 Å². The van der Waals surface area contributed by atoms with Gasteiger partial charge in [0.25, 0.3) is 5.95 Å². The molecule has 2 rings (SSSR count). The molecule has 0 radical (unpaired) electrons. The monoisotopic (exact) mass is 244 g/mol. The molecule has 0 spiro atoms. The van der Waals surface area contributed by atoms with E-state index in [1.165, 1.54) is 6.07 Å². The number of aliphatic hydroxyl groups is 2. The fourth-order valence-corrected chi connectivity index (χ4v) is 2.02. The van der Waals surface area contributed by atoms with Gasteiger partial charge >= 0.3 is 5.97 Å². The molecule has 0 atom stereocenters. The number of rotatable bonds is 1. The summed E-state index contributed by atoms with van der Waals surface area (Å²) in [6.45, 7) is 1.55. The van der Waals surface area contributed by atoms with E-state index in [9.17, 15) is 9.90 Å². The highest BCUT2D eigenvalue weighted by molar-refractivity contribution is 5.92. The Morgan fingerprint density at radius 2 is 1.67 bits per heavy atom. The number of hydrogen-bond acceptors (Lipinski definition) is 3. The van der Waals surface area contributed by atoms with Crippen LogP contribution in [0.1, 0.15) is 15.9 Å². The molecule has 0 heterocycles. The summed E-state index contributed by atoms with van der Waals surface area (Å²) in [5.74, 6) is -1.96. The number of aromatic carboxylic acids is 1. The highest BCUT2D eigenvalue weighted by Crippen LogP contribution is 2.08. The van der Waals surface area contributed by atoms with Crippen molar-refractivity contribution in [1.82, 2.24) is 0 Å². The number of allylic oxidation sites excluding steroid dienone is 4. The first-order chi connectivity index (χ1) is 8.52. The zero-order valence-electron chi connectivity index (χ0n) is 9.71. The lowest BCUT2D eigenvalue weighted by atomic mass is 10.0. The Balaban J connectivity index is 2.96. The predicted octanol–water partition coefficient (Wildman–Crippen LogP) is 1.15. The quantitative estimate of drug-likeness (QED) is 0.692. The van der Waals surface area contributed by atoms with Gasteiger partial charge in [0.1, 0.15) is 0 Å². The van der Waals surface area contributed by atoms with E-state index in [2.05, 4.69) is 0 Å². The first-order valence-corrected chi connectivity index (χ1v) is 5.36. The first kappa shape index (κ1) is 12.0. The molecule has 1 aliphatic rings. The Bertz CT molecular complexity index is 675. The highest BCUT2D eigenvalue weighted by Gasteiger charge is 2.13. The summed E-state index contributed by atoms with van der Waals surface area (Å²) in [7, 11) is 0. The van der Waals surface area contributed by atoms with Crippen molar-refractivity contribution in [1.29, 1.82) is 0 Å². The highest BCUT2D eigenvalue weighted by atomic mass is 16.5. The third kappa shape index (κ3) is 1.88. The van der Waals surface area contributed by atoms with E-state index in [1.54, 1.807) is 13.0 Å². The van der Waals surface area contributed by atoms with Gasteiger partial charge in [-0.3, -0.25) is 0 Å². The van der Waals surface area contributed by atoms with Crippen molar-refractivity contribution in [3.8, 4) is 0 Å². The van der Waals surface area contributed by atoms with Crippen LogP contribution in [0, 0.1) is 6.92 Å². The van der Waals surface area contributed by atoms with Crippen LogP contribution >= 0.6 is 0 Å². The summed E-state index contributed by atoms with van der Waals surface area (Å²) < 4.78 is 0. The van der Waals surface area contributed by atoms with Crippen LogP contribution in [0.4, 0.5) is 0 Å². The summed E-state index contributed by atoms with van der Waals surface area (Å²) in [4.78, 5) is 11.3. The second-order valence-corrected chi connectivity index (χ2v) is 3.96. The van der Waals surface area contributed by atoms with Crippen molar-refractivity contribution in [2.75, 3.05) is 0 Å². The molecular weight excluding hydrogens is 232 g/mol. The van der Waals surface area contributed by atoms with Crippen LogP contribution < -0.4 is 10.4 Å². The second-order valence-electron chi connectivity index (χ2n) is 3.96. The summed E-state index contributed by atoms with van der Waals surface area (Å²) in [5, 5.41) is 28.2. The molecule has 18 heavy (non-hydrogen) atoms. The molecule has 4 heteroatoms. The number of benzene rings is 1. The van der Waals surface area contributed by atoms with E-state index >= 15 is 0 Å². The van der Waals surface area contributed by atoms with Crippen LogP contribution in [0.15, 0.2) is 36.4 Å². The number of carbonyl (C=O) groups is 1. The van der Waals surface area contributed by atoms with Crippen LogP contribution in [0.2, 0.25) is 0 Å². The maximum Gasteiger partial charge on any atom is 0.336 e. The minimum Gasteiger partial charge on any atom is -0.481 e. The van der Waals surface area contributed by atoms with Gasteiger partial charge in [-0.05, 0) is 29.3 Å².